The minimum Gasteiger partial charge on any atom is -0.349 e. The number of nitrogens with one attached hydrogen (secondary N) is 1. The monoisotopic (exact) mass is 402 g/mol. The van der Waals surface area contributed by atoms with Gasteiger partial charge < -0.3 is 5.32 Å². The second-order valence-corrected chi connectivity index (χ2v) is 9.09. The average Bonchev–Trinajstić information content (AvgIpc) is 3.18. The highest BCUT2D eigenvalue weighted by Gasteiger charge is 2.26. The van der Waals surface area contributed by atoms with Gasteiger partial charge in [-0.2, -0.15) is 5.10 Å². The van der Waals surface area contributed by atoms with Gasteiger partial charge in [0.05, 0.1) is 17.9 Å². The van der Waals surface area contributed by atoms with Crippen molar-refractivity contribution in [1.82, 2.24) is 20.1 Å². The molecule has 5 nitrogen and oxygen atoms in total. The van der Waals surface area contributed by atoms with Gasteiger partial charge in [0.2, 0.25) is 5.91 Å². The van der Waals surface area contributed by atoms with Crippen LogP contribution in [0.3, 0.4) is 0 Å². The van der Waals surface area contributed by atoms with E-state index in [9.17, 15) is 4.79 Å². The Morgan fingerprint density at radius 1 is 1.17 bits per heavy atom. The van der Waals surface area contributed by atoms with Gasteiger partial charge in [-0.1, -0.05) is 39.0 Å². The van der Waals surface area contributed by atoms with Crippen LogP contribution in [0.4, 0.5) is 0 Å². The lowest BCUT2D eigenvalue weighted by molar-refractivity contribution is -0.121. The fourth-order valence-corrected chi connectivity index (χ4v) is 4.09. The van der Waals surface area contributed by atoms with Crippen molar-refractivity contribution in [2.75, 3.05) is 0 Å². The third kappa shape index (κ3) is 4.45. The van der Waals surface area contributed by atoms with E-state index in [0.717, 1.165) is 36.2 Å². The van der Waals surface area contributed by atoms with Crippen LogP contribution in [0, 0.1) is 0 Å². The summed E-state index contributed by atoms with van der Waals surface area (Å²) >= 11 is 0. The van der Waals surface area contributed by atoms with Crippen LogP contribution in [0.2, 0.25) is 0 Å². The molecule has 0 aliphatic heterocycles. The first kappa shape index (κ1) is 20.3. The van der Waals surface area contributed by atoms with Crippen molar-refractivity contribution in [2.24, 2.45) is 0 Å². The highest BCUT2D eigenvalue weighted by Crippen LogP contribution is 2.32. The van der Waals surface area contributed by atoms with Crippen molar-refractivity contribution in [2.45, 2.75) is 64.3 Å². The van der Waals surface area contributed by atoms with Crippen molar-refractivity contribution in [3.05, 3.63) is 77.4 Å². The standard InChI is InChI=1S/C25H30N4O/c1-25(2,3)18-10-13-20(14-11-18)29-23-9-6-8-22(21(23)17-27-29)28-24(30)15-12-19-7-4-5-16-26-19/h4-5,7,10-11,13-14,16-17,22H,6,8-9,12,15H2,1-3H3,(H,28,30)/t22-/m1/s1. The third-order valence-electron chi connectivity index (χ3n) is 5.83. The minimum atomic E-state index is 0.0348. The zero-order valence-electron chi connectivity index (χ0n) is 18.1. The van der Waals surface area contributed by atoms with E-state index in [0.29, 0.717) is 12.8 Å². The number of benzene rings is 1. The summed E-state index contributed by atoms with van der Waals surface area (Å²) in [5.41, 5.74) is 5.82. The smallest absolute Gasteiger partial charge is 0.220 e. The molecule has 1 aliphatic rings. The van der Waals surface area contributed by atoms with Crippen molar-refractivity contribution in [1.29, 1.82) is 0 Å². The first-order valence-electron chi connectivity index (χ1n) is 10.8. The lowest BCUT2D eigenvalue weighted by Crippen LogP contribution is -2.31. The third-order valence-corrected chi connectivity index (χ3v) is 5.83. The number of aryl methyl sites for hydroxylation is 1. The topological polar surface area (TPSA) is 59.8 Å². The fourth-order valence-electron chi connectivity index (χ4n) is 4.09. The van der Waals surface area contributed by atoms with Gasteiger partial charge >= 0.3 is 0 Å². The van der Waals surface area contributed by atoms with E-state index in [2.05, 4.69) is 60.4 Å². The number of pyridine rings is 1. The van der Waals surface area contributed by atoms with Gasteiger partial charge in [0, 0.05) is 29.6 Å². The zero-order chi connectivity index (χ0) is 21.1. The average molecular weight is 403 g/mol. The van der Waals surface area contributed by atoms with Gasteiger partial charge in [-0.05, 0) is 60.9 Å². The number of rotatable bonds is 5. The van der Waals surface area contributed by atoms with Crippen LogP contribution >= 0.6 is 0 Å². The van der Waals surface area contributed by atoms with E-state index in [-0.39, 0.29) is 17.4 Å². The second kappa shape index (κ2) is 8.42. The summed E-state index contributed by atoms with van der Waals surface area (Å²) in [5.74, 6) is 0.0702. The number of hydrogen-bond acceptors (Lipinski definition) is 3. The van der Waals surface area contributed by atoms with Crippen LogP contribution in [0.25, 0.3) is 5.69 Å². The number of carbonyl (C=O) groups is 1. The van der Waals surface area contributed by atoms with Gasteiger partial charge in [0.25, 0.3) is 0 Å². The highest BCUT2D eigenvalue weighted by molar-refractivity contribution is 5.76. The predicted octanol–water partition coefficient (Wildman–Crippen LogP) is 4.69. The summed E-state index contributed by atoms with van der Waals surface area (Å²) in [5, 5.41) is 7.89. The number of amides is 1. The van der Waals surface area contributed by atoms with Crippen LogP contribution in [-0.2, 0) is 23.1 Å². The number of carbonyl (C=O) groups excluding carboxylic acids is 1. The molecule has 2 heterocycles. The van der Waals surface area contributed by atoms with Crippen LogP contribution < -0.4 is 5.32 Å². The summed E-state index contributed by atoms with van der Waals surface area (Å²) < 4.78 is 2.04. The molecule has 0 fully saturated rings. The Hall–Kier alpha value is -2.95. The Bertz CT molecular complexity index is 1000. The molecular weight excluding hydrogens is 372 g/mol. The van der Waals surface area contributed by atoms with E-state index < -0.39 is 0 Å². The van der Waals surface area contributed by atoms with Crippen molar-refractivity contribution in [3.63, 3.8) is 0 Å². The number of nitrogens with zero attached hydrogens (tertiary/aromatic N) is 3. The van der Waals surface area contributed by atoms with E-state index >= 15 is 0 Å². The Balaban J connectivity index is 1.46. The van der Waals surface area contributed by atoms with Gasteiger partial charge in [0.1, 0.15) is 0 Å². The molecule has 0 spiro atoms. The van der Waals surface area contributed by atoms with Crippen LogP contribution in [0.5, 0.6) is 0 Å². The first-order chi connectivity index (χ1) is 14.4. The molecule has 3 aromatic rings. The molecule has 1 aromatic carbocycles. The molecule has 30 heavy (non-hydrogen) atoms. The minimum absolute atomic E-state index is 0.0348. The molecule has 156 valence electrons. The lowest BCUT2D eigenvalue weighted by Gasteiger charge is -2.24. The molecule has 1 aliphatic carbocycles. The van der Waals surface area contributed by atoms with E-state index in [1.54, 1.807) is 6.20 Å². The largest absolute Gasteiger partial charge is 0.349 e. The molecule has 0 radical (unpaired) electrons. The molecular formula is C25H30N4O. The first-order valence-corrected chi connectivity index (χ1v) is 10.8. The quantitative estimate of drug-likeness (QED) is 0.673. The molecule has 4 rings (SSSR count). The van der Waals surface area contributed by atoms with Crippen molar-refractivity contribution < 1.29 is 4.79 Å². The van der Waals surface area contributed by atoms with Crippen molar-refractivity contribution in [3.8, 4) is 5.69 Å². The summed E-state index contributed by atoms with van der Waals surface area (Å²) in [6.45, 7) is 6.66. The summed E-state index contributed by atoms with van der Waals surface area (Å²) in [4.78, 5) is 16.8. The number of fused-ring (bicyclic) bond motifs is 1. The number of hydrogen-bond donors (Lipinski definition) is 1. The van der Waals surface area contributed by atoms with E-state index in [1.165, 1.54) is 11.3 Å². The Morgan fingerprint density at radius 3 is 2.67 bits per heavy atom. The maximum Gasteiger partial charge on any atom is 0.220 e. The summed E-state index contributed by atoms with van der Waals surface area (Å²) in [6, 6.07) is 14.5. The van der Waals surface area contributed by atoms with Crippen LogP contribution in [0.15, 0.2) is 54.9 Å². The molecule has 2 aromatic heterocycles. The Morgan fingerprint density at radius 2 is 1.97 bits per heavy atom. The molecule has 0 saturated heterocycles. The molecule has 5 heteroatoms. The molecule has 0 saturated carbocycles. The highest BCUT2D eigenvalue weighted by atomic mass is 16.1. The lowest BCUT2D eigenvalue weighted by atomic mass is 9.87. The molecule has 0 unspecified atom stereocenters. The molecule has 1 N–H and O–H groups in total. The van der Waals surface area contributed by atoms with Crippen LogP contribution in [0.1, 0.15) is 68.6 Å². The SMILES string of the molecule is CC(C)(C)c1ccc(-n2ncc3c2CCC[C@H]3NC(=O)CCc2ccccn2)cc1. The molecule has 1 amide bonds. The normalized spacial score (nSPS) is 16.2. The van der Waals surface area contributed by atoms with Gasteiger partial charge in [-0.3, -0.25) is 9.78 Å². The van der Waals surface area contributed by atoms with E-state index in [4.69, 9.17) is 0 Å². The van der Waals surface area contributed by atoms with Crippen molar-refractivity contribution >= 4 is 5.91 Å². The predicted molar refractivity (Wildman–Crippen MR) is 119 cm³/mol. The fraction of sp³-hybridized carbons (Fsp3) is 0.400. The summed E-state index contributed by atoms with van der Waals surface area (Å²) in [7, 11) is 0. The molecule has 1 atom stereocenters. The summed E-state index contributed by atoms with van der Waals surface area (Å²) in [6.07, 6.45) is 7.79. The van der Waals surface area contributed by atoms with Gasteiger partial charge in [0.15, 0.2) is 0 Å². The van der Waals surface area contributed by atoms with Gasteiger partial charge in [-0.15, -0.1) is 0 Å². The van der Waals surface area contributed by atoms with Gasteiger partial charge in [-0.25, -0.2) is 4.68 Å². The van der Waals surface area contributed by atoms with Crippen LogP contribution in [-0.4, -0.2) is 20.7 Å². The second-order valence-electron chi connectivity index (χ2n) is 9.09. The Labute approximate surface area is 178 Å². The number of aromatic nitrogens is 3. The van der Waals surface area contributed by atoms with E-state index in [1.807, 2.05) is 29.1 Å². The zero-order valence-corrected chi connectivity index (χ0v) is 18.1. The Kier molecular flexibility index (Phi) is 5.71. The molecule has 0 bridgehead atoms. The maximum absolute atomic E-state index is 12.5. The maximum atomic E-state index is 12.5.